The van der Waals surface area contributed by atoms with E-state index in [1.54, 1.807) is 42.5 Å². The number of aliphatic hydroxyl groups excluding tert-OH is 1. The van der Waals surface area contributed by atoms with Crippen LogP contribution >= 0.6 is 0 Å². The number of carbonyl (C=O) groups is 2. The zero-order valence-corrected chi connectivity index (χ0v) is 17.8. The number of methoxy groups -OCH3 is 3. The van der Waals surface area contributed by atoms with Gasteiger partial charge in [-0.1, -0.05) is 0 Å². The molecule has 164 valence electrons. The van der Waals surface area contributed by atoms with Crippen molar-refractivity contribution in [3.8, 4) is 17.2 Å². The fourth-order valence-corrected chi connectivity index (χ4v) is 3.64. The van der Waals surface area contributed by atoms with E-state index in [2.05, 4.69) is 0 Å². The van der Waals surface area contributed by atoms with Gasteiger partial charge >= 0.3 is 0 Å². The van der Waals surface area contributed by atoms with Gasteiger partial charge in [-0.15, -0.1) is 0 Å². The lowest BCUT2D eigenvalue weighted by molar-refractivity contribution is -0.139. The van der Waals surface area contributed by atoms with Gasteiger partial charge in [-0.25, -0.2) is 0 Å². The second kappa shape index (κ2) is 9.53. The van der Waals surface area contributed by atoms with Crippen LogP contribution in [0.15, 0.2) is 48.0 Å². The van der Waals surface area contributed by atoms with Crippen LogP contribution < -0.4 is 19.9 Å². The van der Waals surface area contributed by atoms with Crippen molar-refractivity contribution in [2.75, 3.05) is 34.4 Å². The van der Waals surface area contributed by atoms with Gasteiger partial charge in [-0.2, -0.15) is 0 Å². The smallest absolute Gasteiger partial charge is 0.295 e. The highest BCUT2D eigenvalue weighted by Gasteiger charge is 2.46. The number of ether oxygens (including phenoxy) is 3. The van der Waals surface area contributed by atoms with Gasteiger partial charge in [0.1, 0.15) is 23.0 Å². The molecule has 8 heteroatoms. The van der Waals surface area contributed by atoms with E-state index in [1.807, 2.05) is 0 Å². The molecule has 1 aliphatic heterocycles. The maximum atomic E-state index is 13.0. The monoisotopic (exact) mass is 426 g/mol. The first-order valence-corrected chi connectivity index (χ1v) is 9.81. The Balaban J connectivity index is 2.19. The summed E-state index contributed by atoms with van der Waals surface area (Å²) in [6.45, 7) is 0.619. The number of likely N-dealkylation sites (tertiary alicyclic amines) is 1. The number of hydrogen-bond donors (Lipinski definition) is 2. The highest BCUT2D eigenvalue weighted by atomic mass is 16.5. The van der Waals surface area contributed by atoms with Crippen molar-refractivity contribution in [1.82, 2.24) is 4.90 Å². The van der Waals surface area contributed by atoms with E-state index in [4.69, 9.17) is 19.9 Å². The minimum Gasteiger partial charge on any atom is -0.507 e. The predicted octanol–water partition coefficient (Wildman–Crippen LogP) is 2.48. The molecule has 0 aromatic heterocycles. The van der Waals surface area contributed by atoms with E-state index in [-0.39, 0.29) is 17.9 Å². The van der Waals surface area contributed by atoms with Gasteiger partial charge in [0.15, 0.2) is 0 Å². The molecule has 3 N–H and O–H groups in total. The highest BCUT2D eigenvalue weighted by molar-refractivity contribution is 6.46. The third kappa shape index (κ3) is 4.20. The number of nitrogens with zero attached hydrogens (tertiary/aromatic N) is 1. The normalized spacial score (nSPS) is 17.7. The minimum absolute atomic E-state index is 0.00402. The van der Waals surface area contributed by atoms with Crippen LogP contribution in [0, 0.1) is 0 Å². The van der Waals surface area contributed by atoms with Crippen LogP contribution in [0.25, 0.3) is 5.76 Å². The molecule has 0 spiro atoms. The molecule has 1 amide bonds. The molecule has 1 aliphatic rings. The van der Waals surface area contributed by atoms with Crippen molar-refractivity contribution >= 4 is 17.4 Å². The topological polar surface area (TPSA) is 111 Å². The first-order valence-electron chi connectivity index (χ1n) is 9.81. The van der Waals surface area contributed by atoms with E-state index < -0.39 is 17.7 Å². The first kappa shape index (κ1) is 22.2. The molecule has 0 bridgehead atoms. The molecule has 0 saturated carbocycles. The van der Waals surface area contributed by atoms with Gasteiger partial charge in [0.25, 0.3) is 11.7 Å². The van der Waals surface area contributed by atoms with Crippen molar-refractivity contribution in [3.05, 3.63) is 59.2 Å². The summed E-state index contributed by atoms with van der Waals surface area (Å²) in [6.07, 6.45) is 0.505. The fraction of sp³-hybridized carbons (Fsp3) is 0.304. The van der Waals surface area contributed by atoms with Gasteiger partial charge in [0.2, 0.25) is 0 Å². The lowest BCUT2D eigenvalue weighted by Gasteiger charge is -2.26. The van der Waals surface area contributed by atoms with Crippen molar-refractivity contribution in [2.24, 2.45) is 5.73 Å². The van der Waals surface area contributed by atoms with E-state index in [9.17, 15) is 14.7 Å². The van der Waals surface area contributed by atoms with Gasteiger partial charge < -0.3 is 30.0 Å². The Morgan fingerprint density at radius 3 is 2.23 bits per heavy atom. The van der Waals surface area contributed by atoms with Crippen molar-refractivity contribution < 1.29 is 28.9 Å². The second-order valence-electron chi connectivity index (χ2n) is 6.97. The predicted molar refractivity (Wildman–Crippen MR) is 115 cm³/mol. The molecule has 1 saturated heterocycles. The molecular weight excluding hydrogens is 400 g/mol. The maximum Gasteiger partial charge on any atom is 0.295 e. The number of rotatable bonds is 8. The molecule has 1 atom stereocenters. The summed E-state index contributed by atoms with van der Waals surface area (Å²) in [7, 11) is 4.56. The largest absolute Gasteiger partial charge is 0.507 e. The van der Waals surface area contributed by atoms with Gasteiger partial charge in [0, 0.05) is 23.7 Å². The Labute approximate surface area is 180 Å². The molecule has 0 aliphatic carbocycles. The molecule has 2 aromatic carbocycles. The number of hydrogen-bond acceptors (Lipinski definition) is 7. The molecule has 1 fully saturated rings. The number of carbonyl (C=O) groups excluding carboxylic acids is 2. The van der Waals surface area contributed by atoms with Crippen LogP contribution in [0.5, 0.6) is 17.2 Å². The lowest BCUT2D eigenvalue weighted by atomic mass is 9.94. The summed E-state index contributed by atoms with van der Waals surface area (Å²) in [5.41, 5.74) is 6.60. The van der Waals surface area contributed by atoms with Crippen LogP contribution in [0.2, 0.25) is 0 Å². The van der Waals surface area contributed by atoms with Crippen LogP contribution in [0.1, 0.15) is 23.6 Å². The lowest BCUT2D eigenvalue weighted by Crippen LogP contribution is -2.31. The zero-order valence-electron chi connectivity index (χ0n) is 17.8. The number of amides is 1. The Morgan fingerprint density at radius 2 is 1.65 bits per heavy atom. The quantitative estimate of drug-likeness (QED) is 0.379. The van der Waals surface area contributed by atoms with Gasteiger partial charge in [0.05, 0.1) is 32.9 Å². The number of Topliss-reactive ketones (excluding diaryl/α,β-unsaturated/α-hetero) is 1. The van der Waals surface area contributed by atoms with Gasteiger partial charge in [-0.05, 0) is 49.4 Å². The zero-order chi connectivity index (χ0) is 22.5. The summed E-state index contributed by atoms with van der Waals surface area (Å²) in [4.78, 5) is 27.3. The van der Waals surface area contributed by atoms with Crippen LogP contribution in [0.3, 0.4) is 0 Å². The summed E-state index contributed by atoms with van der Waals surface area (Å²) in [5, 5.41) is 11.1. The highest BCUT2D eigenvalue weighted by Crippen LogP contribution is 2.43. The molecule has 2 aromatic rings. The molecule has 0 radical (unpaired) electrons. The molecule has 8 nitrogen and oxygen atoms in total. The summed E-state index contributed by atoms with van der Waals surface area (Å²) >= 11 is 0. The van der Waals surface area contributed by atoms with Crippen molar-refractivity contribution in [2.45, 2.75) is 12.5 Å². The summed E-state index contributed by atoms with van der Waals surface area (Å²) in [5.74, 6) is -0.105. The Kier molecular flexibility index (Phi) is 6.81. The number of ketones is 1. The minimum atomic E-state index is -0.825. The molecule has 31 heavy (non-hydrogen) atoms. The molecule has 1 heterocycles. The molecular formula is C23H26N2O6. The van der Waals surface area contributed by atoms with Gasteiger partial charge in [-0.3, -0.25) is 9.59 Å². The Bertz CT molecular complexity index is 1000. The Hall–Kier alpha value is -3.52. The average Bonchev–Trinajstić information content (AvgIpc) is 3.06. The van der Waals surface area contributed by atoms with Crippen LogP contribution in [0.4, 0.5) is 0 Å². The Morgan fingerprint density at radius 1 is 1.00 bits per heavy atom. The summed E-state index contributed by atoms with van der Waals surface area (Å²) < 4.78 is 15.9. The standard InChI is InChI=1S/C23H26N2O6/c1-29-15-7-5-14(6-8-15)21(26)19-20(25(12-4-11-24)23(28)22(19)27)17-10-9-16(30-2)13-18(17)31-3/h5-10,13,20,26H,4,11-12,24H2,1-3H3/t20-/m0/s1. The summed E-state index contributed by atoms with van der Waals surface area (Å²) in [6, 6.07) is 10.9. The number of nitrogens with two attached hydrogens (primary N) is 1. The number of aliphatic hydroxyl groups is 1. The van der Waals surface area contributed by atoms with E-state index in [0.29, 0.717) is 41.3 Å². The second-order valence-corrected chi connectivity index (χ2v) is 6.97. The van der Waals surface area contributed by atoms with E-state index in [1.165, 1.54) is 26.2 Å². The SMILES string of the molecule is COc1ccc(C(O)=C2C(=O)C(=O)N(CCCN)[C@H]2c2ccc(OC)cc2OC)cc1. The molecule has 3 rings (SSSR count). The first-order chi connectivity index (χ1) is 15.0. The van der Waals surface area contributed by atoms with Crippen LogP contribution in [-0.4, -0.2) is 56.1 Å². The fourth-order valence-electron chi connectivity index (χ4n) is 3.64. The van der Waals surface area contributed by atoms with Crippen molar-refractivity contribution in [3.63, 3.8) is 0 Å². The van der Waals surface area contributed by atoms with E-state index in [0.717, 1.165) is 0 Å². The van der Waals surface area contributed by atoms with Crippen LogP contribution in [-0.2, 0) is 9.59 Å². The average molecular weight is 426 g/mol. The van der Waals surface area contributed by atoms with Crippen molar-refractivity contribution in [1.29, 1.82) is 0 Å². The van der Waals surface area contributed by atoms with E-state index >= 15 is 0 Å². The maximum absolute atomic E-state index is 13.0. The number of benzene rings is 2. The third-order valence-electron chi connectivity index (χ3n) is 5.24. The third-order valence-corrected chi connectivity index (χ3v) is 5.24. The molecule has 0 unspecified atom stereocenters.